The number of benzene rings is 1. The molecule has 20 heavy (non-hydrogen) atoms. The monoisotopic (exact) mass is 311 g/mol. The Morgan fingerprint density at radius 2 is 2.10 bits per heavy atom. The number of ether oxygens (including phenoxy) is 1. The molecule has 2 aromatic rings. The molecule has 1 aromatic heterocycles. The molecule has 2 amide bonds. The van der Waals surface area contributed by atoms with Crippen LogP contribution in [0.3, 0.4) is 0 Å². The van der Waals surface area contributed by atoms with Crippen molar-refractivity contribution in [2.24, 2.45) is 0 Å². The topological polar surface area (TPSA) is 63.2 Å². The van der Waals surface area contributed by atoms with Gasteiger partial charge in [0.1, 0.15) is 11.6 Å². The predicted molar refractivity (Wildman–Crippen MR) is 78.3 cm³/mol. The molecular weight excluding hydrogens is 301 g/mol. The van der Waals surface area contributed by atoms with Crippen molar-refractivity contribution in [3.8, 4) is 5.75 Å². The largest absolute Gasteiger partial charge is 0.472 e. The van der Waals surface area contributed by atoms with E-state index in [-0.39, 0.29) is 6.73 Å². The zero-order valence-electron chi connectivity index (χ0n) is 10.3. The number of anilines is 1. The van der Waals surface area contributed by atoms with Crippen LogP contribution in [0, 0.1) is 0 Å². The maximum absolute atomic E-state index is 11.5. The fourth-order valence-corrected chi connectivity index (χ4v) is 1.83. The fourth-order valence-electron chi connectivity index (χ4n) is 1.37. The lowest BCUT2D eigenvalue weighted by molar-refractivity contribution is 0.234. The van der Waals surface area contributed by atoms with Gasteiger partial charge in [-0.2, -0.15) is 0 Å². The van der Waals surface area contributed by atoms with Crippen molar-refractivity contribution in [1.82, 2.24) is 10.3 Å². The van der Waals surface area contributed by atoms with Gasteiger partial charge in [0.05, 0.1) is 5.02 Å². The highest BCUT2D eigenvalue weighted by molar-refractivity contribution is 6.35. The van der Waals surface area contributed by atoms with E-state index in [1.807, 2.05) is 0 Å². The van der Waals surface area contributed by atoms with Gasteiger partial charge in [-0.3, -0.25) is 5.32 Å². The van der Waals surface area contributed by atoms with Gasteiger partial charge in [-0.25, -0.2) is 9.78 Å². The molecule has 0 spiro atoms. The first-order valence-electron chi connectivity index (χ1n) is 5.69. The van der Waals surface area contributed by atoms with Crippen LogP contribution in [0.4, 0.5) is 10.6 Å². The van der Waals surface area contributed by atoms with E-state index in [0.717, 1.165) is 0 Å². The van der Waals surface area contributed by atoms with E-state index in [9.17, 15) is 4.79 Å². The summed E-state index contributed by atoms with van der Waals surface area (Å²) in [5.74, 6) is 0.892. The second-order valence-corrected chi connectivity index (χ2v) is 4.55. The lowest BCUT2D eigenvalue weighted by Crippen LogP contribution is -2.32. The number of aromatic nitrogens is 1. The first kappa shape index (κ1) is 14.4. The summed E-state index contributed by atoms with van der Waals surface area (Å²) in [6.45, 7) is -0.0278. The van der Waals surface area contributed by atoms with Gasteiger partial charge in [-0.15, -0.1) is 0 Å². The summed E-state index contributed by atoms with van der Waals surface area (Å²) in [7, 11) is 0. The highest BCUT2D eigenvalue weighted by Crippen LogP contribution is 2.27. The Morgan fingerprint density at radius 1 is 1.25 bits per heavy atom. The number of rotatable bonds is 4. The van der Waals surface area contributed by atoms with E-state index >= 15 is 0 Å². The van der Waals surface area contributed by atoms with Crippen LogP contribution in [-0.2, 0) is 0 Å². The SMILES string of the molecule is O=C(NCOc1ccc(Cl)cc1Cl)Nc1ccccn1. The molecule has 0 saturated heterocycles. The van der Waals surface area contributed by atoms with Crippen molar-refractivity contribution in [2.45, 2.75) is 0 Å². The summed E-state index contributed by atoms with van der Waals surface area (Å²) in [5, 5.41) is 5.97. The third-order valence-corrected chi connectivity index (χ3v) is 2.79. The minimum atomic E-state index is -0.422. The Bertz CT molecular complexity index is 593. The summed E-state index contributed by atoms with van der Waals surface area (Å²) < 4.78 is 5.32. The predicted octanol–water partition coefficient (Wildman–Crippen LogP) is 3.55. The van der Waals surface area contributed by atoms with Crippen molar-refractivity contribution in [3.63, 3.8) is 0 Å². The average molecular weight is 312 g/mol. The normalized spacial score (nSPS) is 9.90. The molecule has 2 rings (SSSR count). The lowest BCUT2D eigenvalue weighted by atomic mass is 10.3. The average Bonchev–Trinajstić information content (AvgIpc) is 2.42. The van der Waals surface area contributed by atoms with Gasteiger partial charge in [0.15, 0.2) is 6.73 Å². The minimum Gasteiger partial charge on any atom is -0.472 e. The van der Waals surface area contributed by atoms with Gasteiger partial charge in [0.25, 0.3) is 0 Å². The van der Waals surface area contributed by atoms with Crippen molar-refractivity contribution in [2.75, 3.05) is 12.0 Å². The van der Waals surface area contributed by atoms with Gasteiger partial charge in [0.2, 0.25) is 0 Å². The van der Waals surface area contributed by atoms with E-state index in [0.29, 0.717) is 21.6 Å². The van der Waals surface area contributed by atoms with Crippen LogP contribution in [0.2, 0.25) is 10.0 Å². The molecule has 0 fully saturated rings. The Morgan fingerprint density at radius 3 is 2.80 bits per heavy atom. The van der Waals surface area contributed by atoms with Crippen LogP contribution in [0.5, 0.6) is 5.75 Å². The van der Waals surface area contributed by atoms with E-state index in [1.165, 1.54) is 0 Å². The number of hydrogen-bond acceptors (Lipinski definition) is 3. The number of hydrogen-bond donors (Lipinski definition) is 2. The molecule has 0 radical (unpaired) electrons. The van der Waals surface area contributed by atoms with Crippen molar-refractivity contribution < 1.29 is 9.53 Å². The number of nitrogens with one attached hydrogen (secondary N) is 2. The molecular formula is C13H11Cl2N3O2. The molecule has 0 aliphatic heterocycles. The maximum Gasteiger partial charge on any atom is 0.323 e. The molecule has 1 aromatic carbocycles. The number of nitrogens with zero attached hydrogens (tertiary/aromatic N) is 1. The minimum absolute atomic E-state index is 0.0278. The third kappa shape index (κ3) is 4.29. The lowest BCUT2D eigenvalue weighted by Gasteiger charge is -2.10. The van der Waals surface area contributed by atoms with Crippen LogP contribution in [0.1, 0.15) is 0 Å². The molecule has 0 aliphatic carbocycles. The molecule has 0 aliphatic rings. The van der Waals surface area contributed by atoms with E-state index in [4.69, 9.17) is 27.9 Å². The summed E-state index contributed by atoms with van der Waals surface area (Å²) in [6.07, 6.45) is 1.58. The summed E-state index contributed by atoms with van der Waals surface area (Å²) in [4.78, 5) is 15.5. The Kier molecular flexibility index (Phi) is 5.03. The molecule has 0 atom stereocenters. The van der Waals surface area contributed by atoms with Gasteiger partial charge in [-0.05, 0) is 30.3 Å². The van der Waals surface area contributed by atoms with Gasteiger partial charge in [-0.1, -0.05) is 29.3 Å². The van der Waals surface area contributed by atoms with Crippen LogP contribution in [0.15, 0.2) is 42.6 Å². The molecule has 1 heterocycles. The standard InChI is InChI=1S/C13H11Cl2N3O2/c14-9-4-5-11(10(15)7-9)20-8-17-13(19)18-12-3-1-2-6-16-12/h1-7H,8H2,(H2,16,17,18,19). The Labute approximate surface area is 125 Å². The number of carbonyl (C=O) groups excluding carboxylic acids is 1. The smallest absolute Gasteiger partial charge is 0.323 e. The van der Waals surface area contributed by atoms with Gasteiger partial charge in [0, 0.05) is 11.2 Å². The quantitative estimate of drug-likeness (QED) is 0.849. The number of carbonyl (C=O) groups is 1. The first-order valence-corrected chi connectivity index (χ1v) is 6.44. The van der Waals surface area contributed by atoms with E-state index < -0.39 is 6.03 Å². The maximum atomic E-state index is 11.5. The van der Waals surface area contributed by atoms with Gasteiger partial charge < -0.3 is 10.1 Å². The molecule has 2 N–H and O–H groups in total. The molecule has 104 valence electrons. The van der Waals surface area contributed by atoms with Crippen molar-refractivity contribution in [1.29, 1.82) is 0 Å². The summed E-state index contributed by atoms with van der Waals surface area (Å²) in [6, 6.07) is 9.62. The third-order valence-electron chi connectivity index (χ3n) is 2.26. The summed E-state index contributed by atoms with van der Waals surface area (Å²) >= 11 is 11.7. The summed E-state index contributed by atoms with van der Waals surface area (Å²) in [5.41, 5.74) is 0. The van der Waals surface area contributed by atoms with Crippen molar-refractivity contribution >= 4 is 35.1 Å². The van der Waals surface area contributed by atoms with Crippen LogP contribution < -0.4 is 15.4 Å². The van der Waals surface area contributed by atoms with Crippen molar-refractivity contribution in [3.05, 3.63) is 52.6 Å². The molecule has 0 bridgehead atoms. The van der Waals surface area contributed by atoms with Crippen LogP contribution >= 0.6 is 23.2 Å². The molecule has 7 heteroatoms. The highest BCUT2D eigenvalue weighted by Gasteiger charge is 2.04. The zero-order chi connectivity index (χ0) is 14.4. The zero-order valence-corrected chi connectivity index (χ0v) is 11.8. The van der Waals surface area contributed by atoms with Crippen LogP contribution in [0.25, 0.3) is 0 Å². The Balaban J connectivity index is 1.79. The number of halogens is 2. The number of amides is 2. The molecule has 0 saturated carbocycles. The number of pyridine rings is 1. The second-order valence-electron chi connectivity index (χ2n) is 3.71. The second kappa shape index (κ2) is 6.98. The first-order chi connectivity index (χ1) is 9.65. The fraction of sp³-hybridized carbons (Fsp3) is 0.0769. The van der Waals surface area contributed by atoms with Crippen LogP contribution in [-0.4, -0.2) is 17.7 Å². The highest BCUT2D eigenvalue weighted by atomic mass is 35.5. The van der Waals surface area contributed by atoms with E-state index in [2.05, 4.69) is 15.6 Å². The number of urea groups is 1. The molecule has 0 unspecified atom stereocenters. The molecule has 5 nitrogen and oxygen atoms in total. The Hall–Kier alpha value is -1.98. The van der Waals surface area contributed by atoms with E-state index in [1.54, 1.807) is 42.6 Å². The van der Waals surface area contributed by atoms with Gasteiger partial charge >= 0.3 is 6.03 Å².